The molecule has 0 atom stereocenters. The summed E-state index contributed by atoms with van der Waals surface area (Å²) < 4.78 is 0. The lowest BCUT2D eigenvalue weighted by atomic mass is 10.1. The third-order valence-corrected chi connectivity index (χ3v) is 4.94. The fraction of sp³-hybridized carbons (Fsp3) is 0.0909. The van der Waals surface area contributed by atoms with Crippen LogP contribution < -0.4 is 10.6 Å². The van der Waals surface area contributed by atoms with Gasteiger partial charge in [-0.25, -0.2) is 4.98 Å². The summed E-state index contributed by atoms with van der Waals surface area (Å²) in [6.07, 6.45) is 4.96. The summed E-state index contributed by atoms with van der Waals surface area (Å²) in [6.45, 7) is 0. The Labute approximate surface area is 173 Å². The molecule has 6 nitrogen and oxygen atoms in total. The molecule has 1 aromatic heterocycles. The Morgan fingerprint density at radius 1 is 1.03 bits per heavy atom. The molecule has 1 heterocycles. The summed E-state index contributed by atoms with van der Waals surface area (Å²) in [7, 11) is 0. The number of allylic oxidation sites excluding steroid dienone is 2. The Bertz CT molecular complexity index is 1190. The van der Waals surface area contributed by atoms with E-state index in [1.807, 2.05) is 12.1 Å². The maximum atomic E-state index is 8.98. The number of nitrogens with one attached hydrogen (secondary N) is 2. The SMILES string of the molecule is N#C/C=C1\CCc2cc(Cl)c(Nc3ccnc(Nc4ccc(C#N)cc4)n3)cc21. The van der Waals surface area contributed by atoms with Gasteiger partial charge in [0.05, 0.1) is 28.4 Å². The molecule has 7 heteroatoms. The molecule has 0 fully saturated rings. The Morgan fingerprint density at radius 2 is 1.86 bits per heavy atom. The van der Waals surface area contributed by atoms with Crippen molar-refractivity contribution in [1.29, 1.82) is 10.5 Å². The van der Waals surface area contributed by atoms with Crippen molar-refractivity contribution in [3.8, 4) is 12.1 Å². The van der Waals surface area contributed by atoms with Crippen LogP contribution in [-0.4, -0.2) is 9.97 Å². The summed E-state index contributed by atoms with van der Waals surface area (Å²) in [5.74, 6) is 1.00. The van der Waals surface area contributed by atoms with Crippen LogP contribution in [0.15, 0.2) is 54.7 Å². The van der Waals surface area contributed by atoms with E-state index in [1.165, 1.54) is 0 Å². The summed E-state index contributed by atoms with van der Waals surface area (Å²) >= 11 is 6.45. The van der Waals surface area contributed by atoms with Gasteiger partial charge in [-0.3, -0.25) is 0 Å². The highest BCUT2D eigenvalue weighted by molar-refractivity contribution is 6.33. The lowest BCUT2D eigenvalue weighted by molar-refractivity contribution is 1.08. The van der Waals surface area contributed by atoms with Crippen LogP contribution in [0.1, 0.15) is 23.1 Å². The molecule has 1 aliphatic carbocycles. The van der Waals surface area contributed by atoms with Crippen LogP contribution in [0.25, 0.3) is 5.57 Å². The number of aryl methyl sites for hydroxylation is 1. The largest absolute Gasteiger partial charge is 0.339 e. The summed E-state index contributed by atoms with van der Waals surface area (Å²) in [4.78, 5) is 8.70. The van der Waals surface area contributed by atoms with Gasteiger partial charge in [-0.15, -0.1) is 0 Å². The third-order valence-electron chi connectivity index (χ3n) is 4.63. The number of hydrogen-bond acceptors (Lipinski definition) is 6. The van der Waals surface area contributed by atoms with E-state index in [4.69, 9.17) is 22.1 Å². The second-order valence-corrected chi connectivity index (χ2v) is 6.90. The van der Waals surface area contributed by atoms with Crippen molar-refractivity contribution < 1.29 is 0 Å². The number of rotatable bonds is 4. The van der Waals surface area contributed by atoms with Gasteiger partial charge in [0.2, 0.25) is 5.95 Å². The predicted octanol–water partition coefficient (Wildman–Crippen LogP) is 5.34. The van der Waals surface area contributed by atoms with Gasteiger partial charge >= 0.3 is 0 Å². The normalized spacial score (nSPS) is 13.4. The first-order valence-electron chi connectivity index (χ1n) is 8.95. The number of benzene rings is 2. The van der Waals surface area contributed by atoms with Crippen LogP contribution in [0, 0.1) is 22.7 Å². The summed E-state index contributed by atoms with van der Waals surface area (Å²) in [5.41, 5.74) is 5.30. The second kappa shape index (κ2) is 8.02. The minimum atomic E-state index is 0.419. The molecule has 140 valence electrons. The van der Waals surface area contributed by atoms with Crippen molar-refractivity contribution in [3.63, 3.8) is 0 Å². The molecule has 0 saturated carbocycles. The topological polar surface area (TPSA) is 97.4 Å². The Morgan fingerprint density at radius 3 is 2.62 bits per heavy atom. The standard InChI is InChI=1S/C22H15ClN6/c23-19-11-16-4-3-15(7-9-24)18(16)12-20(19)28-21-8-10-26-22(29-21)27-17-5-1-14(13-25)2-6-17/h1-2,5-8,10-12H,3-4H2,(H2,26,27,28,29)/b15-7+. The zero-order chi connectivity index (χ0) is 20.2. The van der Waals surface area contributed by atoms with Crippen molar-refractivity contribution in [2.24, 2.45) is 0 Å². The molecule has 2 aromatic carbocycles. The maximum absolute atomic E-state index is 8.98. The number of aromatic nitrogens is 2. The maximum Gasteiger partial charge on any atom is 0.229 e. The van der Waals surface area contributed by atoms with Crippen molar-refractivity contribution >= 4 is 40.3 Å². The van der Waals surface area contributed by atoms with E-state index in [1.54, 1.807) is 42.6 Å². The number of anilines is 4. The molecule has 3 aromatic rings. The highest BCUT2D eigenvalue weighted by Crippen LogP contribution is 2.38. The van der Waals surface area contributed by atoms with Gasteiger partial charge in [-0.1, -0.05) is 11.6 Å². The molecule has 4 rings (SSSR count). The van der Waals surface area contributed by atoms with Crippen LogP contribution in [0.5, 0.6) is 0 Å². The molecule has 2 N–H and O–H groups in total. The van der Waals surface area contributed by atoms with Gasteiger partial charge < -0.3 is 10.6 Å². The summed E-state index contributed by atoms with van der Waals surface area (Å²) in [6, 6.07) is 16.9. The fourth-order valence-electron chi connectivity index (χ4n) is 3.23. The first-order valence-corrected chi connectivity index (χ1v) is 9.33. The van der Waals surface area contributed by atoms with Gasteiger partial charge in [-0.05, 0) is 72.0 Å². The number of halogens is 1. The molecule has 0 spiro atoms. The average molecular weight is 399 g/mol. The lowest BCUT2D eigenvalue weighted by Gasteiger charge is -2.12. The fourth-order valence-corrected chi connectivity index (χ4v) is 3.47. The number of hydrogen-bond donors (Lipinski definition) is 2. The van der Waals surface area contributed by atoms with E-state index >= 15 is 0 Å². The molecule has 0 aliphatic heterocycles. The minimum absolute atomic E-state index is 0.419. The molecule has 0 bridgehead atoms. The number of nitrogens with zero attached hydrogens (tertiary/aromatic N) is 4. The molecular formula is C22H15ClN6. The monoisotopic (exact) mass is 398 g/mol. The second-order valence-electron chi connectivity index (χ2n) is 6.49. The van der Waals surface area contributed by atoms with Crippen LogP contribution in [-0.2, 0) is 6.42 Å². The van der Waals surface area contributed by atoms with Gasteiger partial charge in [0.15, 0.2) is 0 Å². The smallest absolute Gasteiger partial charge is 0.229 e. The molecular weight excluding hydrogens is 384 g/mol. The van der Waals surface area contributed by atoms with Gasteiger partial charge in [0.1, 0.15) is 5.82 Å². The molecule has 0 saturated heterocycles. The molecule has 1 aliphatic rings. The highest BCUT2D eigenvalue weighted by Gasteiger charge is 2.19. The molecule has 0 radical (unpaired) electrons. The van der Waals surface area contributed by atoms with Gasteiger partial charge in [0.25, 0.3) is 0 Å². The number of nitriles is 2. The van der Waals surface area contributed by atoms with Gasteiger partial charge in [-0.2, -0.15) is 15.5 Å². The van der Waals surface area contributed by atoms with Crippen molar-refractivity contribution in [1.82, 2.24) is 9.97 Å². The molecule has 0 unspecified atom stereocenters. The Balaban J connectivity index is 1.57. The zero-order valence-electron chi connectivity index (χ0n) is 15.3. The minimum Gasteiger partial charge on any atom is -0.339 e. The van der Waals surface area contributed by atoms with E-state index in [0.717, 1.165) is 40.9 Å². The Kier molecular flexibility index (Phi) is 5.11. The van der Waals surface area contributed by atoms with Crippen LogP contribution in [0.2, 0.25) is 5.02 Å². The summed E-state index contributed by atoms with van der Waals surface area (Å²) in [5, 5.41) is 24.8. The third kappa shape index (κ3) is 4.03. The number of fused-ring (bicyclic) bond motifs is 1. The Hall–Kier alpha value is -3.87. The molecule has 29 heavy (non-hydrogen) atoms. The van der Waals surface area contributed by atoms with Crippen LogP contribution >= 0.6 is 11.6 Å². The predicted molar refractivity (Wildman–Crippen MR) is 113 cm³/mol. The first-order chi connectivity index (χ1) is 14.2. The molecule has 0 amide bonds. The van der Waals surface area contributed by atoms with E-state index < -0.39 is 0 Å². The van der Waals surface area contributed by atoms with Crippen LogP contribution in [0.3, 0.4) is 0 Å². The van der Waals surface area contributed by atoms with Crippen molar-refractivity contribution in [3.05, 3.63) is 76.5 Å². The van der Waals surface area contributed by atoms with Crippen molar-refractivity contribution in [2.75, 3.05) is 10.6 Å². The van der Waals surface area contributed by atoms with Crippen molar-refractivity contribution in [2.45, 2.75) is 12.8 Å². The van der Waals surface area contributed by atoms with Gasteiger partial charge in [0, 0.05) is 18.0 Å². The quantitative estimate of drug-likeness (QED) is 0.575. The van der Waals surface area contributed by atoms with Crippen LogP contribution in [0.4, 0.5) is 23.1 Å². The lowest BCUT2D eigenvalue weighted by Crippen LogP contribution is -2.01. The highest BCUT2D eigenvalue weighted by atomic mass is 35.5. The van der Waals surface area contributed by atoms with E-state index in [9.17, 15) is 0 Å². The van der Waals surface area contributed by atoms with E-state index in [0.29, 0.717) is 22.4 Å². The van der Waals surface area contributed by atoms with E-state index in [2.05, 4.69) is 32.7 Å². The zero-order valence-corrected chi connectivity index (χ0v) is 16.0. The first kappa shape index (κ1) is 18.5. The van der Waals surface area contributed by atoms with E-state index in [-0.39, 0.29) is 0 Å². The average Bonchev–Trinajstić information content (AvgIpc) is 3.11.